The highest BCUT2D eigenvalue weighted by Crippen LogP contribution is 2.56. The van der Waals surface area contributed by atoms with Crippen molar-refractivity contribution in [2.24, 2.45) is 11.3 Å². The van der Waals surface area contributed by atoms with Crippen LogP contribution in [0.3, 0.4) is 0 Å². The minimum atomic E-state index is -4.45. The summed E-state index contributed by atoms with van der Waals surface area (Å²) in [5.74, 6) is 1.23. The van der Waals surface area contributed by atoms with Gasteiger partial charge in [-0.3, -0.25) is 9.78 Å². The average molecular weight is 516 g/mol. The van der Waals surface area contributed by atoms with Crippen LogP contribution in [0.25, 0.3) is 0 Å². The van der Waals surface area contributed by atoms with Crippen LogP contribution in [-0.4, -0.2) is 48.2 Å². The number of nitrogens with one attached hydrogen (secondary N) is 1. The zero-order valence-corrected chi connectivity index (χ0v) is 20.9. The molecule has 6 nitrogen and oxygen atoms in total. The van der Waals surface area contributed by atoms with Crippen molar-refractivity contribution in [2.45, 2.75) is 69.4 Å². The number of carbonyl (C=O) groups excluding carboxylic acids is 1. The van der Waals surface area contributed by atoms with Gasteiger partial charge in [-0.25, -0.2) is 0 Å². The highest BCUT2D eigenvalue weighted by Gasteiger charge is 2.56. The fourth-order valence-corrected chi connectivity index (χ4v) is 7.18. The number of amides is 1. The van der Waals surface area contributed by atoms with Crippen molar-refractivity contribution in [3.63, 3.8) is 0 Å². The summed E-state index contributed by atoms with van der Waals surface area (Å²) in [6.07, 6.45) is 1.29. The molecule has 3 heterocycles. The monoisotopic (exact) mass is 515 g/mol. The van der Waals surface area contributed by atoms with Crippen molar-refractivity contribution in [2.75, 3.05) is 20.3 Å². The molecule has 0 spiro atoms. The van der Waals surface area contributed by atoms with Gasteiger partial charge in [0.2, 0.25) is 5.91 Å². The predicted octanol–water partition coefficient (Wildman–Crippen LogP) is 4.67. The molecule has 1 N–H and O–H groups in total. The number of para-hydroxylation sites is 1. The molecule has 5 atom stereocenters. The van der Waals surface area contributed by atoms with E-state index >= 15 is 0 Å². The third-order valence-corrected chi connectivity index (χ3v) is 8.96. The van der Waals surface area contributed by atoms with E-state index in [0.29, 0.717) is 30.8 Å². The van der Waals surface area contributed by atoms with E-state index in [1.165, 1.54) is 0 Å². The maximum atomic E-state index is 14.1. The fourth-order valence-electron chi connectivity index (χ4n) is 7.18. The molecule has 1 unspecified atom stereocenters. The van der Waals surface area contributed by atoms with Crippen LogP contribution in [0, 0.1) is 11.3 Å². The Morgan fingerprint density at radius 1 is 1.30 bits per heavy atom. The second-order valence-corrected chi connectivity index (χ2v) is 11.0. The normalized spacial score (nSPS) is 30.9. The molecular weight excluding hydrogens is 483 g/mol. The molecule has 4 aliphatic rings. The van der Waals surface area contributed by atoms with Crippen molar-refractivity contribution >= 4 is 5.91 Å². The molecule has 198 valence electrons. The molecule has 0 saturated heterocycles. The Morgan fingerprint density at radius 3 is 2.95 bits per heavy atom. The van der Waals surface area contributed by atoms with E-state index in [-0.39, 0.29) is 36.6 Å². The predicted molar refractivity (Wildman–Crippen MR) is 130 cm³/mol. The molecule has 1 aromatic carbocycles. The van der Waals surface area contributed by atoms with Gasteiger partial charge in [0.05, 0.1) is 17.0 Å². The molecule has 0 bridgehead atoms. The molecule has 2 fully saturated rings. The first-order valence-electron chi connectivity index (χ1n) is 13.1. The maximum Gasteiger partial charge on any atom is 0.417 e. The molecule has 6 rings (SSSR count). The van der Waals surface area contributed by atoms with E-state index in [2.05, 4.69) is 16.4 Å². The van der Waals surface area contributed by atoms with Gasteiger partial charge in [-0.2, -0.15) is 13.2 Å². The smallest absolute Gasteiger partial charge is 0.417 e. The second kappa shape index (κ2) is 9.27. The fraction of sp³-hybridized carbons (Fsp3) is 0.571. The maximum absolute atomic E-state index is 14.1. The molecule has 2 aliphatic carbocycles. The second-order valence-electron chi connectivity index (χ2n) is 11.0. The number of fused-ring (bicyclic) bond motifs is 3. The summed E-state index contributed by atoms with van der Waals surface area (Å²) in [4.78, 5) is 19.9. The molecular formula is C28H32F3N3O3. The molecule has 2 saturated carbocycles. The topological polar surface area (TPSA) is 63.7 Å². The van der Waals surface area contributed by atoms with Gasteiger partial charge in [-0.15, -0.1) is 0 Å². The summed E-state index contributed by atoms with van der Waals surface area (Å²) in [7, 11) is 1.69. The van der Waals surface area contributed by atoms with Gasteiger partial charge in [0.1, 0.15) is 18.5 Å². The number of carbonyl (C=O) groups is 1. The summed E-state index contributed by atoms with van der Waals surface area (Å²) in [5, 5.41) is 3.82. The summed E-state index contributed by atoms with van der Waals surface area (Å²) in [6, 6.07) is 9.27. The van der Waals surface area contributed by atoms with Gasteiger partial charge in [-0.05, 0) is 49.3 Å². The van der Waals surface area contributed by atoms with Crippen LogP contribution in [0.4, 0.5) is 13.2 Å². The van der Waals surface area contributed by atoms with E-state index in [0.717, 1.165) is 55.7 Å². The van der Waals surface area contributed by atoms with E-state index in [9.17, 15) is 18.0 Å². The summed E-state index contributed by atoms with van der Waals surface area (Å²) >= 11 is 0. The molecule has 2 aliphatic heterocycles. The number of hydrogen-bond donors (Lipinski definition) is 1. The average Bonchev–Trinajstić information content (AvgIpc) is 3.45. The van der Waals surface area contributed by atoms with Crippen molar-refractivity contribution in [3.05, 3.63) is 58.9 Å². The lowest BCUT2D eigenvalue weighted by Gasteiger charge is -2.38. The van der Waals surface area contributed by atoms with Crippen LogP contribution in [-0.2, 0) is 28.7 Å². The number of methoxy groups -OCH3 is 1. The van der Waals surface area contributed by atoms with Crippen molar-refractivity contribution in [3.8, 4) is 5.75 Å². The standard InChI is InChI=1S/C28H32F3N3O3/c1-36-24-16-37-23-7-3-2-6-21(23)25(24)33-20-12-18-5-4-9-27(18,13-20)26(35)34-10-8-22-17(15-34)11-19(14-32-22)28(29,30)31/h2-3,6-7,11,14,18,20,24-25,33H,4-5,8-10,12-13,15-16H2,1H3/t18-,20?,24-,25+,27-/m1/s1. The summed E-state index contributed by atoms with van der Waals surface area (Å²) in [6.45, 7) is 1.15. The molecule has 0 radical (unpaired) electrons. The molecule has 1 amide bonds. The zero-order chi connectivity index (χ0) is 25.8. The summed E-state index contributed by atoms with van der Waals surface area (Å²) in [5.41, 5.74) is 1.02. The minimum Gasteiger partial charge on any atom is -0.490 e. The highest BCUT2D eigenvalue weighted by molar-refractivity contribution is 5.84. The Kier molecular flexibility index (Phi) is 6.18. The van der Waals surface area contributed by atoms with E-state index in [1.54, 1.807) is 12.0 Å². The number of pyridine rings is 1. The zero-order valence-electron chi connectivity index (χ0n) is 20.9. The number of benzene rings is 1. The Balaban J connectivity index is 1.21. The van der Waals surface area contributed by atoms with Gasteiger partial charge in [-0.1, -0.05) is 24.6 Å². The minimum absolute atomic E-state index is 0.0281. The molecule has 9 heteroatoms. The number of aromatic nitrogens is 1. The molecule has 2 aromatic rings. The van der Waals surface area contributed by atoms with E-state index in [4.69, 9.17) is 9.47 Å². The lowest BCUT2D eigenvalue weighted by atomic mass is 9.78. The first-order chi connectivity index (χ1) is 17.8. The SMILES string of the molecule is CO[C@@H]1COc2ccccc2[C@@H]1NC1C[C@H]2CCC[C@@]2(C(=O)N2CCc3ncc(C(F)(F)F)cc3C2)C1. The van der Waals surface area contributed by atoms with Gasteiger partial charge in [0, 0.05) is 50.1 Å². The van der Waals surface area contributed by atoms with Crippen LogP contribution in [0.15, 0.2) is 36.5 Å². The van der Waals surface area contributed by atoms with Crippen LogP contribution < -0.4 is 10.1 Å². The van der Waals surface area contributed by atoms with Gasteiger partial charge >= 0.3 is 6.18 Å². The number of rotatable bonds is 4. The lowest BCUT2D eigenvalue weighted by Crippen LogP contribution is -2.47. The molecule has 37 heavy (non-hydrogen) atoms. The van der Waals surface area contributed by atoms with Gasteiger partial charge in [0.25, 0.3) is 0 Å². The lowest BCUT2D eigenvalue weighted by molar-refractivity contribution is -0.144. The van der Waals surface area contributed by atoms with Crippen molar-refractivity contribution in [1.82, 2.24) is 15.2 Å². The highest BCUT2D eigenvalue weighted by atomic mass is 19.4. The van der Waals surface area contributed by atoms with Crippen molar-refractivity contribution < 1.29 is 27.4 Å². The Labute approximate surface area is 214 Å². The number of alkyl halides is 3. The molecule has 1 aromatic heterocycles. The van der Waals surface area contributed by atoms with Crippen molar-refractivity contribution in [1.29, 1.82) is 0 Å². The number of ether oxygens (including phenoxy) is 2. The number of nitrogens with zero attached hydrogens (tertiary/aromatic N) is 2. The van der Waals surface area contributed by atoms with Gasteiger partial charge < -0.3 is 19.7 Å². The third kappa shape index (κ3) is 4.30. The first kappa shape index (κ1) is 24.7. The number of halogens is 3. The largest absolute Gasteiger partial charge is 0.490 e. The quantitative estimate of drug-likeness (QED) is 0.641. The summed E-state index contributed by atoms with van der Waals surface area (Å²) < 4.78 is 51.5. The Morgan fingerprint density at radius 2 is 2.14 bits per heavy atom. The third-order valence-electron chi connectivity index (χ3n) is 8.96. The van der Waals surface area contributed by atoms with E-state index < -0.39 is 17.2 Å². The van der Waals surface area contributed by atoms with Crippen LogP contribution in [0.2, 0.25) is 0 Å². The van der Waals surface area contributed by atoms with Crippen LogP contribution >= 0.6 is 0 Å². The first-order valence-corrected chi connectivity index (χ1v) is 13.1. The Hall–Kier alpha value is -2.65. The Bertz CT molecular complexity index is 1190. The van der Waals surface area contributed by atoms with E-state index in [1.807, 2.05) is 18.2 Å². The van der Waals surface area contributed by atoms with Crippen LogP contribution in [0.1, 0.15) is 60.5 Å². The van der Waals surface area contributed by atoms with Crippen LogP contribution in [0.5, 0.6) is 5.75 Å². The van der Waals surface area contributed by atoms with Gasteiger partial charge in [0.15, 0.2) is 0 Å². The number of hydrogen-bond acceptors (Lipinski definition) is 5.